The second-order valence-corrected chi connectivity index (χ2v) is 5.92. The van der Waals surface area contributed by atoms with Crippen LogP contribution in [0.25, 0.3) is 0 Å². The molecule has 2 aliphatic rings. The average molecular weight is 260 g/mol. The second-order valence-electron chi connectivity index (χ2n) is 5.54. The van der Waals surface area contributed by atoms with Crippen LogP contribution in [-0.2, 0) is 4.74 Å². The zero-order chi connectivity index (χ0) is 12.1. The fourth-order valence-corrected chi connectivity index (χ4v) is 3.83. The largest absolute Gasteiger partial charge is 0.381 e. The van der Waals surface area contributed by atoms with Crippen molar-refractivity contribution < 1.29 is 4.74 Å². The van der Waals surface area contributed by atoms with Gasteiger partial charge in [0, 0.05) is 31.6 Å². The summed E-state index contributed by atoms with van der Waals surface area (Å²) in [5.74, 6) is 0.769. The van der Waals surface area contributed by atoms with Gasteiger partial charge in [-0.05, 0) is 38.5 Å². The maximum absolute atomic E-state index is 5.99. The summed E-state index contributed by atoms with van der Waals surface area (Å²) in [6, 6.07) is 1.52. The molecule has 0 aromatic heterocycles. The highest BCUT2D eigenvalue weighted by Gasteiger charge is 2.31. The third-order valence-electron chi connectivity index (χ3n) is 4.54. The van der Waals surface area contributed by atoms with Crippen LogP contribution in [0.5, 0.6) is 0 Å². The van der Waals surface area contributed by atoms with Gasteiger partial charge in [-0.2, -0.15) is 0 Å². The van der Waals surface area contributed by atoms with Gasteiger partial charge < -0.3 is 4.74 Å². The molecule has 2 saturated carbocycles. The highest BCUT2D eigenvalue weighted by Crippen LogP contribution is 2.31. The first-order valence-electron chi connectivity index (χ1n) is 7.19. The minimum absolute atomic E-state index is 0.480. The third kappa shape index (κ3) is 3.59. The van der Waals surface area contributed by atoms with Gasteiger partial charge in [0.1, 0.15) is 0 Å². The molecule has 2 nitrogen and oxygen atoms in total. The molecule has 0 bridgehead atoms. The third-order valence-corrected chi connectivity index (χ3v) is 4.71. The van der Waals surface area contributed by atoms with Crippen molar-refractivity contribution in [3.8, 4) is 0 Å². The van der Waals surface area contributed by atoms with Gasteiger partial charge in [-0.1, -0.05) is 12.8 Å². The fraction of sp³-hybridized carbons (Fsp3) is 1.00. The van der Waals surface area contributed by atoms with Gasteiger partial charge in [-0.25, -0.2) is 0 Å². The molecule has 2 aliphatic carbocycles. The lowest BCUT2D eigenvalue weighted by Gasteiger charge is -2.40. The number of halogens is 1. The highest BCUT2D eigenvalue weighted by molar-refractivity contribution is 6.18. The molecule has 100 valence electrons. The van der Waals surface area contributed by atoms with Crippen molar-refractivity contribution in [2.24, 2.45) is 0 Å². The lowest BCUT2D eigenvalue weighted by atomic mass is 9.90. The predicted molar refractivity (Wildman–Crippen MR) is 72.7 cm³/mol. The molecule has 0 aliphatic heterocycles. The van der Waals surface area contributed by atoms with E-state index in [1.807, 2.05) is 7.11 Å². The summed E-state index contributed by atoms with van der Waals surface area (Å²) in [6.45, 7) is 1.06. The van der Waals surface area contributed by atoms with Crippen molar-refractivity contribution >= 4 is 11.6 Å². The summed E-state index contributed by atoms with van der Waals surface area (Å²) in [5, 5.41) is 0. The Balaban J connectivity index is 1.93. The van der Waals surface area contributed by atoms with Crippen molar-refractivity contribution in [3.63, 3.8) is 0 Å². The second kappa shape index (κ2) is 6.96. The van der Waals surface area contributed by atoms with Crippen LogP contribution in [-0.4, -0.2) is 42.6 Å². The number of alkyl halides is 1. The quantitative estimate of drug-likeness (QED) is 0.702. The summed E-state index contributed by atoms with van der Waals surface area (Å²) in [4.78, 5) is 2.70. The highest BCUT2D eigenvalue weighted by atomic mass is 35.5. The van der Waals surface area contributed by atoms with Crippen LogP contribution in [0.2, 0.25) is 0 Å². The first kappa shape index (κ1) is 13.6. The van der Waals surface area contributed by atoms with E-state index in [9.17, 15) is 0 Å². The molecule has 2 rings (SSSR count). The summed E-state index contributed by atoms with van der Waals surface area (Å²) in [6.07, 6.45) is 11.2. The number of hydrogen-bond acceptors (Lipinski definition) is 2. The molecule has 0 spiro atoms. The topological polar surface area (TPSA) is 12.5 Å². The maximum Gasteiger partial charge on any atom is 0.0586 e. The Labute approximate surface area is 111 Å². The lowest BCUT2D eigenvalue weighted by Crippen LogP contribution is -2.46. The predicted octanol–water partition coefficient (Wildman–Crippen LogP) is 3.43. The molecular formula is C14H26ClNO. The van der Waals surface area contributed by atoms with E-state index in [-0.39, 0.29) is 0 Å². The van der Waals surface area contributed by atoms with E-state index in [0.717, 1.165) is 24.5 Å². The van der Waals surface area contributed by atoms with Gasteiger partial charge in [0.25, 0.3) is 0 Å². The standard InChI is InChI=1S/C14H26ClNO/c1-17-14-8-4-7-13(11-14)16(10-9-15)12-5-2-3-6-12/h12-14H,2-11H2,1H3. The van der Waals surface area contributed by atoms with Crippen LogP contribution in [0.4, 0.5) is 0 Å². The SMILES string of the molecule is COC1CCCC(N(CCCl)C2CCCC2)C1. The van der Waals surface area contributed by atoms with Gasteiger partial charge in [0.05, 0.1) is 6.10 Å². The van der Waals surface area contributed by atoms with Crippen LogP contribution in [0, 0.1) is 0 Å². The number of methoxy groups -OCH3 is 1. The zero-order valence-corrected chi connectivity index (χ0v) is 11.8. The van der Waals surface area contributed by atoms with E-state index in [4.69, 9.17) is 16.3 Å². The molecule has 0 heterocycles. The minimum atomic E-state index is 0.480. The molecule has 0 radical (unpaired) electrons. The van der Waals surface area contributed by atoms with Gasteiger partial charge in [-0.3, -0.25) is 4.90 Å². The Morgan fingerprint density at radius 1 is 1.06 bits per heavy atom. The number of nitrogens with zero attached hydrogens (tertiary/aromatic N) is 1. The molecule has 2 atom stereocenters. The molecule has 0 aromatic carbocycles. The zero-order valence-electron chi connectivity index (χ0n) is 11.0. The molecular weight excluding hydrogens is 234 g/mol. The Bertz CT molecular complexity index is 218. The maximum atomic E-state index is 5.99. The fourth-order valence-electron chi connectivity index (χ4n) is 3.63. The number of rotatable bonds is 5. The van der Waals surface area contributed by atoms with Crippen molar-refractivity contribution in [3.05, 3.63) is 0 Å². The number of ether oxygens (including phenoxy) is 1. The van der Waals surface area contributed by atoms with Crippen molar-refractivity contribution in [2.75, 3.05) is 19.5 Å². The summed E-state index contributed by atoms with van der Waals surface area (Å²) < 4.78 is 5.55. The van der Waals surface area contributed by atoms with E-state index in [1.165, 1.54) is 51.4 Å². The van der Waals surface area contributed by atoms with Gasteiger partial charge >= 0.3 is 0 Å². The lowest BCUT2D eigenvalue weighted by molar-refractivity contribution is 0.0170. The van der Waals surface area contributed by atoms with Crippen molar-refractivity contribution in [1.29, 1.82) is 0 Å². The van der Waals surface area contributed by atoms with Gasteiger partial charge in [0.2, 0.25) is 0 Å². The van der Waals surface area contributed by atoms with Gasteiger partial charge in [0.15, 0.2) is 0 Å². The molecule has 0 N–H and O–H groups in total. The van der Waals surface area contributed by atoms with Crippen LogP contribution < -0.4 is 0 Å². The molecule has 3 heteroatoms. The summed E-state index contributed by atoms with van der Waals surface area (Å²) in [7, 11) is 1.86. The Morgan fingerprint density at radius 2 is 1.76 bits per heavy atom. The molecule has 0 saturated heterocycles. The number of hydrogen-bond donors (Lipinski definition) is 0. The normalized spacial score (nSPS) is 31.2. The van der Waals surface area contributed by atoms with Crippen molar-refractivity contribution in [2.45, 2.75) is 69.6 Å². The summed E-state index contributed by atoms with van der Waals surface area (Å²) >= 11 is 5.99. The smallest absolute Gasteiger partial charge is 0.0586 e. The van der Waals surface area contributed by atoms with Crippen LogP contribution in [0.1, 0.15) is 51.4 Å². The van der Waals surface area contributed by atoms with Crippen LogP contribution >= 0.6 is 11.6 Å². The Hall–Kier alpha value is 0.210. The average Bonchev–Trinajstić information content (AvgIpc) is 2.89. The summed E-state index contributed by atoms with van der Waals surface area (Å²) in [5.41, 5.74) is 0. The minimum Gasteiger partial charge on any atom is -0.381 e. The van der Waals surface area contributed by atoms with Crippen LogP contribution in [0.15, 0.2) is 0 Å². The molecule has 17 heavy (non-hydrogen) atoms. The first-order chi connectivity index (χ1) is 8.35. The Kier molecular flexibility index (Phi) is 5.58. The first-order valence-corrected chi connectivity index (χ1v) is 7.73. The van der Waals surface area contributed by atoms with E-state index in [2.05, 4.69) is 4.90 Å². The van der Waals surface area contributed by atoms with Crippen LogP contribution in [0.3, 0.4) is 0 Å². The van der Waals surface area contributed by atoms with E-state index in [0.29, 0.717) is 6.10 Å². The molecule has 0 amide bonds. The van der Waals surface area contributed by atoms with E-state index in [1.54, 1.807) is 0 Å². The van der Waals surface area contributed by atoms with Gasteiger partial charge in [-0.15, -0.1) is 11.6 Å². The van der Waals surface area contributed by atoms with E-state index >= 15 is 0 Å². The molecule has 2 unspecified atom stereocenters. The molecule has 0 aromatic rings. The molecule has 2 fully saturated rings. The van der Waals surface area contributed by atoms with E-state index < -0.39 is 0 Å². The Morgan fingerprint density at radius 3 is 2.41 bits per heavy atom. The monoisotopic (exact) mass is 259 g/mol. The van der Waals surface area contributed by atoms with Crippen molar-refractivity contribution in [1.82, 2.24) is 4.90 Å².